The van der Waals surface area contributed by atoms with Gasteiger partial charge in [0.15, 0.2) is 0 Å². The van der Waals surface area contributed by atoms with Crippen molar-refractivity contribution >= 4 is 0 Å². The van der Waals surface area contributed by atoms with E-state index in [-0.39, 0.29) is 0 Å². The second-order valence-electron chi connectivity index (χ2n) is 6.89. The summed E-state index contributed by atoms with van der Waals surface area (Å²) in [4.78, 5) is 0. The van der Waals surface area contributed by atoms with Gasteiger partial charge in [0.25, 0.3) is 0 Å². The van der Waals surface area contributed by atoms with Gasteiger partial charge in [0.05, 0.1) is 0 Å². The molecular weight excluding hydrogens is 223 g/mol. The second kappa shape index (κ2) is 6.39. The summed E-state index contributed by atoms with van der Waals surface area (Å²) in [6, 6.07) is 0. The van der Waals surface area contributed by atoms with E-state index in [1.807, 2.05) is 0 Å². The van der Waals surface area contributed by atoms with Crippen LogP contribution < -0.4 is 0 Å². The fourth-order valence-electron chi connectivity index (χ4n) is 4.35. The molecule has 0 aromatic carbocycles. The largest absolute Gasteiger partial charge is 0.244 e. The molecule has 0 heterocycles. The Kier molecular flexibility index (Phi) is 5.09. The molecule has 2 aliphatic carbocycles. The van der Waals surface area contributed by atoms with Crippen LogP contribution in [0, 0.1) is 17.8 Å². The summed E-state index contributed by atoms with van der Waals surface area (Å²) in [6.45, 7) is 4.53. The van der Waals surface area contributed by atoms with Gasteiger partial charge in [0, 0.05) is 0 Å². The van der Waals surface area contributed by atoms with E-state index in [9.17, 15) is 0 Å². The number of rotatable bonds is 4. The average Bonchev–Trinajstić information content (AvgIpc) is 2.41. The van der Waals surface area contributed by atoms with Crippen LogP contribution in [-0.2, 0) is 0 Å². The Balaban J connectivity index is 1.81. The maximum absolute atomic E-state index is 15.1. The van der Waals surface area contributed by atoms with E-state index in [2.05, 4.69) is 13.8 Å². The molecule has 0 radical (unpaired) electrons. The number of hydrogen-bond donors (Lipinski definition) is 0. The SMILES string of the molecule is CCCC1CCC([C@]2(F)CC[C@@H](CC)CC2)CC1. The van der Waals surface area contributed by atoms with Crippen molar-refractivity contribution in [3.05, 3.63) is 0 Å². The van der Waals surface area contributed by atoms with E-state index < -0.39 is 5.67 Å². The predicted molar refractivity (Wildman–Crippen MR) is 76.4 cm³/mol. The zero-order chi connectivity index (χ0) is 13.0. The lowest BCUT2D eigenvalue weighted by Crippen LogP contribution is -2.39. The van der Waals surface area contributed by atoms with Gasteiger partial charge in [-0.1, -0.05) is 46.0 Å². The first-order valence-electron chi connectivity index (χ1n) is 8.36. The van der Waals surface area contributed by atoms with Crippen molar-refractivity contribution < 1.29 is 4.39 Å². The number of hydrogen-bond acceptors (Lipinski definition) is 0. The Morgan fingerprint density at radius 3 is 2.00 bits per heavy atom. The van der Waals surface area contributed by atoms with Gasteiger partial charge in [0.1, 0.15) is 5.67 Å². The van der Waals surface area contributed by atoms with Crippen LogP contribution in [0.4, 0.5) is 4.39 Å². The van der Waals surface area contributed by atoms with Crippen LogP contribution in [0.5, 0.6) is 0 Å². The first kappa shape index (κ1) is 14.3. The van der Waals surface area contributed by atoms with Gasteiger partial charge in [0.2, 0.25) is 0 Å². The molecule has 2 saturated carbocycles. The van der Waals surface area contributed by atoms with Crippen molar-refractivity contribution in [2.45, 2.75) is 90.1 Å². The van der Waals surface area contributed by atoms with E-state index in [1.54, 1.807) is 0 Å². The van der Waals surface area contributed by atoms with Gasteiger partial charge >= 0.3 is 0 Å². The highest BCUT2D eigenvalue weighted by molar-refractivity contribution is 4.93. The lowest BCUT2D eigenvalue weighted by Gasteiger charge is -2.42. The van der Waals surface area contributed by atoms with Crippen LogP contribution in [0.2, 0.25) is 0 Å². The molecule has 0 saturated heterocycles. The standard InChI is InChI=1S/C17H31F/c1-3-5-15-6-8-16(9-7-15)17(18)12-10-14(4-2)11-13-17/h14-16H,3-13H2,1-2H3/t14-,15?,16?,17+. The van der Waals surface area contributed by atoms with E-state index >= 15 is 4.39 Å². The van der Waals surface area contributed by atoms with Crippen molar-refractivity contribution in [3.63, 3.8) is 0 Å². The molecule has 1 heteroatoms. The van der Waals surface area contributed by atoms with Crippen LogP contribution in [0.1, 0.15) is 84.5 Å². The zero-order valence-corrected chi connectivity index (χ0v) is 12.4. The first-order valence-corrected chi connectivity index (χ1v) is 8.36. The molecule has 0 amide bonds. The molecular formula is C17H31F. The molecule has 2 fully saturated rings. The topological polar surface area (TPSA) is 0 Å². The van der Waals surface area contributed by atoms with E-state index in [4.69, 9.17) is 0 Å². The summed E-state index contributed by atoms with van der Waals surface area (Å²) in [7, 11) is 0. The molecule has 0 atom stereocenters. The fourth-order valence-corrected chi connectivity index (χ4v) is 4.35. The van der Waals surface area contributed by atoms with E-state index in [1.165, 1.54) is 32.1 Å². The highest BCUT2D eigenvalue weighted by Crippen LogP contribution is 2.47. The van der Waals surface area contributed by atoms with E-state index in [0.717, 1.165) is 50.4 Å². The summed E-state index contributed by atoms with van der Waals surface area (Å²) in [5.74, 6) is 2.11. The Morgan fingerprint density at radius 1 is 0.889 bits per heavy atom. The maximum atomic E-state index is 15.1. The Labute approximate surface area is 113 Å². The minimum Gasteiger partial charge on any atom is -0.244 e. The third-order valence-electron chi connectivity index (χ3n) is 5.79. The smallest absolute Gasteiger partial charge is 0.113 e. The third-order valence-corrected chi connectivity index (χ3v) is 5.79. The summed E-state index contributed by atoms with van der Waals surface area (Å²) in [6.07, 6.45) is 12.8. The van der Waals surface area contributed by atoms with Crippen LogP contribution in [0.15, 0.2) is 0 Å². The average molecular weight is 254 g/mol. The quantitative estimate of drug-likeness (QED) is 0.585. The molecule has 0 bridgehead atoms. The van der Waals surface area contributed by atoms with Gasteiger partial charge < -0.3 is 0 Å². The highest BCUT2D eigenvalue weighted by Gasteiger charge is 2.42. The second-order valence-corrected chi connectivity index (χ2v) is 6.89. The summed E-state index contributed by atoms with van der Waals surface area (Å²) in [5.41, 5.74) is -0.789. The summed E-state index contributed by atoms with van der Waals surface area (Å²) >= 11 is 0. The molecule has 2 rings (SSSR count). The van der Waals surface area contributed by atoms with Crippen LogP contribution in [0.3, 0.4) is 0 Å². The minimum atomic E-state index is -0.789. The van der Waals surface area contributed by atoms with Gasteiger partial charge in [-0.2, -0.15) is 0 Å². The molecule has 18 heavy (non-hydrogen) atoms. The molecule has 0 N–H and O–H groups in total. The third kappa shape index (κ3) is 3.27. The van der Waals surface area contributed by atoms with Crippen LogP contribution >= 0.6 is 0 Å². The Hall–Kier alpha value is -0.0700. The molecule has 106 valence electrons. The van der Waals surface area contributed by atoms with Crippen molar-refractivity contribution in [1.82, 2.24) is 0 Å². The van der Waals surface area contributed by atoms with Gasteiger partial charge in [-0.3, -0.25) is 0 Å². The van der Waals surface area contributed by atoms with Gasteiger partial charge in [-0.05, 0) is 56.3 Å². The van der Waals surface area contributed by atoms with Crippen molar-refractivity contribution in [1.29, 1.82) is 0 Å². The first-order chi connectivity index (χ1) is 8.68. The molecule has 0 nitrogen and oxygen atoms in total. The van der Waals surface area contributed by atoms with Crippen molar-refractivity contribution in [3.8, 4) is 0 Å². The highest BCUT2D eigenvalue weighted by atomic mass is 19.1. The molecule has 0 unspecified atom stereocenters. The van der Waals surface area contributed by atoms with Crippen LogP contribution in [0.25, 0.3) is 0 Å². The van der Waals surface area contributed by atoms with E-state index in [0.29, 0.717) is 5.92 Å². The number of halogens is 1. The monoisotopic (exact) mass is 254 g/mol. The molecule has 0 spiro atoms. The maximum Gasteiger partial charge on any atom is 0.113 e. The molecule has 0 aromatic rings. The van der Waals surface area contributed by atoms with Gasteiger partial charge in [-0.25, -0.2) is 4.39 Å². The van der Waals surface area contributed by atoms with Crippen molar-refractivity contribution in [2.24, 2.45) is 17.8 Å². The normalized spacial score (nSPS) is 41.8. The van der Waals surface area contributed by atoms with Crippen molar-refractivity contribution in [2.75, 3.05) is 0 Å². The minimum absolute atomic E-state index is 0.392. The predicted octanol–water partition coefficient (Wildman–Crippen LogP) is 5.90. The number of alkyl halides is 1. The molecule has 0 aliphatic heterocycles. The Morgan fingerprint density at radius 2 is 1.50 bits per heavy atom. The Bertz CT molecular complexity index is 232. The summed E-state index contributed by atoms with van der Waals surface area (Å²) < 4.78 is 15.1. The summed E-state index contributed by atoms with van der Waals surface area (Å²) in [5, 5.41) is 0. The lowest BCUT2D eigenvalue weighted by molar-refractivity contribution is -0.00206. The zero-order valence-electron chi connectivity index (χ0n) is 12.4. The molecule has 0 aromatic heterocycles. The fraction of sp³-hybridized carbons (Fsp3) is 1.00. The lowest BCUT2D eigenvalue weighted by atomic mass is 9.66. The van der Waals surface area contributed by atoms with Gasteiger partial charge in [-0.15, -0.1) is 0 Å². The molecule has 2 aliphatic rings. The van der Waals surface area contributed by atoms with Crippen LogP contribution in [-0.4, -0.2) is 5.67 Å².